The number of methoxy groups -OCH3 is 1. The lowest BCUT2D eigenvalue weighted by Gasteiger charge is -2.12. The minimum atomic E-state index is -4.76. The van der Waals surface area contributed by atoms with Crippen LogP contribution in [0.1, 0.15) is 15.9 Å². The first-order chi connectivity index (χ1) is 14.7. The van der Waals surface area contributed by atoms with Gasteiger partial charge in [-0.25, -0.2) is 9.78 Å². The van der Waals surface area contributed by atoms with Gasteiger partial charge in [0, 0.05) is 29.9 Å². The van der Waals surface area contributed by atoms with E-state index in [1.807, 2.05) is 0 Å². The quantitative estimate of drug-likeness (QED) is 0.484. The van der Waals surface area contributed by atoms with Gasteiger partial charge in [0.2, 0.25) is 0 Å². The predicted molar refractivity (Wildman–Crippen MR) is 109 cm³/mol. The van der Waals surface area contributed by atoms with Crippen molar-refractivity contribution >= 4 is 23.4 Å². The molecule has 2 aromatic carbocycles. The number of nitrogens with zero attached hydrogens (tertiary/aromatic N) is 1. The van der Waals surface area contributed by atoms with Gasteiger partial charge < -0.3 is 19.9 Å². The molecule has 1 aromatic heterocycles. The summed E-state index contributed by atoms with van der Waals surface area (Å²) in [5, 5.41) is 12.6. The number of aromatic nitrogens is 1. The van der Waals surface area contributed by atoms with E-state index in [2.05, 4.69) is 15.0 Å². The van der Waals surface area contributed by atoms with E-state index in [1.165, 1.54) is 43.6 Å². The van der Waals surface area contributed by atoms with Crippen LogP contribution in [0.5, 0.6) is 11.5 Å². The number of hydrogen-bond acceptors (Lipinski definition) is 5. The molecule has 0 fully saturated rings. The van der Waals surface area contributed by atoms with Gasteiger partial charge in [0.25, 0.3) is 0 Å². The molecule has 0 saturated heterocycles. The predicted octanol–water partition coefficient (Wildman–Crippen LogP) is 5.62. The number of rotatable bonds is 7. The van der Waals surface area contributed by atoms with Crippen molar-refractivity contribution in [3.63, 3.8) is 0 Å². The number of carbonyl (C=O) groups is 1. The first-order valence-electron chi connectivity index (χ1n) is 8.82. The molecule has 0 aliphatic heterocycles. The second-order valence-electron chi connectivity index (χ2n) is 6.32. The van der Waals surface area contributed by atoms with Gasteiger partial charge in [0.05, 0.1) is 12.1 Å². The number of anilines is 1. The van der Waals surface area contributed by atoms with Crippen LogP contribution in [0.15, 0.2) is 54.7 Å². The number of aromatic carboxylic acids is 1. The number of carboxylic acid groups (broad SMARTS) is 1. The van der Waals surface area contributed by atoms with Crippen LogP contribution in [0.25, 0.3) is 11.1 Å². The Bertz CT molecular complexity index is 1090. The Morgan fingerprint density at radius 1 is 1.19 bits per heavy atom. The van der Waals surface area contributed by atoms with Crippen molar-refractivity contribution in [2.45, 2.75) is 12.9 Å². The summed E-state index contributed by atoms with van der Waals surface area (Å²) < 4.78 is 46.0. The first-order valence-corrected chi connectivity index (χ1v) is 9.20. The van der Waals surface area contributed by atoms with E-state index in [0.717, 1.165) is 0 Å². The molecule has 0 radical (unpaired) electrons. The molecule has 3 rings (SSSR count). The molecular weight excluding hydrogens is 437 g/mol. The number of pyridine rings is 1. The van der Waals surface area contributed by atoms with E-state index in [-0.39, 0.29) is 23.6 Å². The number of halogens is 4. The fraction of sp³-hybridized carbons (Fsp3) is 0.143. The molecule has 2 N–H and O–H groups in total. The Balaban J connectivity index is 1.74. The molecule has 3 aromatic rings. The molecule has 0 unspecified atom stereocenters. The van der Waals surface area contributed by atoms with Gasteiger partial charge in [-0.1, -0.05) is 23.7 Å². The van der Waals surface area contributed by atoms with Crippen LogP contribution in [-0.4, -0.2) is 29.5 Å². The summed E-state index contributed by atoms with van der Waals surface area (Å²) in [6.07, 6.45) is -3.25. The number of benzene rings is 2. The molecule has 0 aliphatic rings. The summed E-state index contributed by atoms with van der Waals surface area (Å²) in [7, 11) is 1.35. The molecule has 0 amide bonds. The normalized spacial score (nSPS) is 11.1. The Hall–Kier alpha value is -3.46. The number of ether oxygens (including phenoxy) is 2. The first kappa shape index (κ1) is 22.2. The molecule has 162 valence electrons. The Morgan fingerprint density at radius 2 is 1.97 bits per heavy atom. The molecule has 1 heterocycles. The van der Waals surface area contributed by atoms with Gasteiger partial charge in [0.1, 0.15) is 22.9 Å². The van der Waals surface area contributed by atoms with E-state index in [4.69, 9.17) is 16.3 Å². The third-order valence-corrected chi connectivity index (χ3v) is 4.51. The summed E-state index contributed by atoms with van der Waals surface area (Å²) in [5.74, 6) is -0.852. The maximum atomic E-state index is 12.3. The van der Waals surface area contributed by atoms with Gasteiger partial charge in [-0.3, -0.25) is 0 Å². The van der Waals surface area contributed by atoms with Crippen LogP contribution < -0.4 is 14.8 Å². The summed E-state index contributed by atoms with van der Waals surface area (Å²) in [6, 6.07) is 11.8. The Kier molecular flexibility index (Phi) is 6.55. The van der Waals surface area contributed by atoms with Crippen molar-refractivity contribution in [3.05, 3.63) is 70.9 Å². The van der Waals surface area contributed by atoms with Crippen LogP contribution in [-0.2, 0) is 6.54 Å². The van der Waals surface area contributed by atoms with Crippen molar-refractivity contribution in [1.82, 2.24) is 4.98 Å². The van der Waals surface area contributed by atoms with E-state index in [9.17, 15) is 23.1 Å². The summed E-state index contributed by atoms with van der Waals surface area (Å²) in [5.41, 5.74) is 1.58. The van der Waals surface area contributed by atoms with Crippen molar-refractivity contribution in [2.75, 3.05) is 12.4 Å². The molecule has 0 bridgehead atoms. The van der Waals surface area contributed by atoms with E-state index < -0.39 is 12.3 Å². The molecule has 6 nitrogen and oxygen atoms in total. The Morgan fingerprint density at radius 3 is 2.58 bits per heavy atom. The fourth-order valence-corrected chi connectivity index (χ4v) is 3.08. The summed E-state index contributed by atoms with van der Waals surface area (Å²) in [4.78, 5) is 15.7. The second-order valence-corrected chi connectivity index (χ2v) is 6.73. The monoisotopic (exact) mass is 452 g/mol. The third-order valence-electron chi connectivity index (χ3n) is 4.20. The lowest BCUT2D eigenvalue weighted by atomic mass is 10.0. The van der Waals surface area contributed by atoms with Crippen LogP contribution in [0.4, 0.5) is 19.0 Å². The summed E-state index contributed by atoms with van der Waals surface area (Å²) in [6.45, 7) is 0.216. The average Bonchev–Trinajstić information content (AvgIpc) is 2.71. The van der Waals surface area contributed by atoms with Crippen molar-refractivity contribution in [1.29, 1.82) is 0 Å². The number of carboxylic acids is 1. The highest BCUT2D eigenvalue weighted by atomic mass is 35.5. The summed E-state index contributed by atoms with van der Waals surface area (Å²) >= 11 is 6.25. The smallest absolute Gasteiger partial charge is 0.496 e. The highest BCUT2D eigenvalue weighted by Gasteiger charge is 2.31. The van der Waals surface area contributed by atoms with Gasteiger partial charge in [-0.2, -0.15) is 0 Å². The highest BCUT2D eigenvalue weighted by molar-refractivity contribution is 6.33. The Labute approximate surface area is 180 Å². The van der Waals surface area contributed by atoms with Gasteiger partial charge in [0.15, 0.2) is 0 Å². The van der Waals surface area contributed by atoms with Gasteiger partial charge in [-0.15, -0.1) is 13.2 Å². The van der Waals surface area contributed by atoms with Crippen LogP contribution in [0, 0.1) is 0 Å². The second kappa shape index (κ2) is 9.13. The SMILES string of the molecule is COc1cc(Cl)c(-c2ccc(NCc3cccc(OC(F)(F)F)c3)nc2)cc1C(=O)O. The maximum absolute atomic E-state index is 12.3. The van der Waals surface area contributed by atoms with E-state index in [1.54, 1.807) is 18.2 Å². The molecule has 10 heteroatoms. The van der Waals surface area contributed by atoms with Crippen LogP contribution >= 0.6 is 11.6 Å². The minimum absolute atomic E-state index is 0.0370. The zero-order chi connectivity index (χ0) is 22.6. The standard InChI is InChI=1S/C21H16ClF3N2O4/c1-30-18-9-17(22)15(8-16(18)20(28)29)13-5-6-19(27-11-13)26-10-12-3-2-4-14(7-12)31-21(23,24)25/h2-9,11H,10H2,1H3,(H,26,27)(H,28,29). The van der Waals surface area contributed by atoms with Gasteiger partial charge >= 0.3 is 12.3 Å². The van der Waals surface area contributed by atoms with Crippen molar-refractivity contribution in [3.8, 4) is 22.6 Å². The van der Waals surface area contributed by atoms with Crippen molar-refractivity contribution in [2.24, 2.45) is 0 Å². The number of alkyl halides is 3. The molecule has 0 aliphatic carbocycles. The largest absolute Gasteiger partial charge is 0.573 e. The molecule has 0 saturated carbocycles. The maximum Gasteiger partial charge on any atom is 0.573 e. The zero-order valence-corrected chi connectivity index (χ0v) is 16.8. The lowest BCUT2D eigenvalue weighted by Crippen LogP contribution is -2.17. The lowest BCUT2D eigenvalue weighted by molar-refractivity contribution is -0.274. The van der Waals surface area contributed by atoms with Crippen LogP contribution in [0.2, 0.25) is 5.02 Å². The highest BCUT2D eigenvalue weighted by Crippen LogP contribution is 2.34. The molecule has 0 spiro atoms. The average molecular weight is 453 g/mol. The topological polar surface area (TPSA) is 80.7 Å². The van der Waals surface area contributed by atoms with Crippen LogP contribution in [0.3, 0.4) is 0 Å². The van der Waals surface area contributed by atoms with E-state index >= 15 is 0 Å². The van der Waals surface area contributed by atoms with Gasteiger partial charge in [-0.05, 0) is 35.9 Å². The van der Waals surface area contributed by atoms with Crippen molar-refractivity contribution < 1.29 is 32.5 Å². The molecule has 31 heavy (non-hydrogen) atoms. The number of hydrogen-bond donors (Lipinski definition) is 2. The minimum Gasteiger partial charge on any atom is -0.496 e. The molecule has 0 atom stereocenters. The van der Waals surface area contributed by atoms with E-state index in [0.29, 0.717) is 27.5 Å². The fourth-order valence-electron chi connectivity index (χ4n) is 2.82. The molecular formula is C21H16ClF3N2O4. The zero-order valence-electron chi connectivity index (χ0n) is 16.0. The third kappa shape index (κ3) is 5.79. The number of nitrogens with one attached hydrogen (secondary N) is 1.